The van der Waals surface area contributed by atoms with Gasteiger partial charge in [0, 0.05) is 36.7 Å². The number of piperidine rings is 1. The minimum Gasteiger partial charge on any atom is -0.347 e. The first-order valence-electron chi connectivity index (χ1n) is 10.8. The van der Waals surface area contributed by atoms with Gasteiger partial charge in [-0.1, -0.05) is 44.9 Å². The average Bonchev–Trinajstić information content (AvgIpc) is 3.01. The number of nitrogens with zero attached hydrogens (tertiary/aromatic N) is 2. The van der Waals surface area contributed by atoms with Crippen molar-refractivity contribution in [2.45, 2.75) is 65.5 Å². The SMILES string of the molecule is C.CN(Cc1cn(CC2CCCCC2)c2ccccc12)CC1CCNCC1. The highest BCUT2D eigenvalue weighted by Gasteiger charge is 2.18. The number of rotatable bonds is 6. The lowest BCUT2D eigenvalue weighted by Crippen LogP contribution is -2.34. The second-order valence-electron chi connectivity index (χ2n) is 8.72. The summed E-state index contributed by atoms with van der Waals surface area (Å²) in [7, 11) is 2.30. The molecule has 3 nitrogen and oxygen atoms in total. The lowest BCUT2D eigenvalue weighted by atomic mass is 9.89. The second-order valence-corrected chi connectivity index (χ2v) is 8.72. The van der Waals surface area contributed by atoms with Crippen molar-refractivity contribution in [3.05, 3.63) is 36.0 Å². The van der Waals surface area contributed by atoms with Crippen molar-refractivity contribution in [1.82, 2.24) is 14.8 Å². The van der Waals surface area contributed by atoms with Crippen LogP contribution in [0.15, 0.2) is 30.5 Å². The maximum atomic E-state index is 3.48. The summed E-state index contributed by atoms with van der Waals surface area (Å²) in [6.45, 7) is 5.89. The molecule has 0 bridgehead atoms. The van der Waals surface area contributed by atoms with Gasteiger partial charge in [0.15, 0.2) is 0 Å². The molecule has 1 aromatic heterocycles. The van der Waals surface area contributed by atoms with E-state index >= 15 is 0 Å². The highest BCUT2D eigenvalue weighted by Crippen LogP contribution is 2.29. The second kappa shape index (κ2) is 9.75. The van der Waals surface area contributed by atoms with Crippen LogP contribution in [0.2, 0.25) is 0 Å². The molecule has 2 heterocycles. The van der Waals surface area contributed by atoms with Crippen LogP contribution in [0.5, 0.6) is 0 Å². The fourth-order valence-corrected chi connectivity index (χ4v) is 5.11. The van der Waals surface area contributed by atoms with Crippen LogP contribution >= 0.6 is 0 Å². The van der Waals surface area contributed by atoms with Crippen LogP contribution in [0, 0.1) is 11.8 Å². The zero-order valence-electron chi connectivity index (χ0n) is 16.4. The van der Waals surface area contributed by atoms with E-state index in [1.807, 2.05) is 0 Å². The molecule has 1 saturated carbocycles. The average molecular weight is 370 g/mol. The van der Waals surface area contributed by atoms with Gasteiger partial charge >= 0.3 is 0 Å². The molecule has 2 aromatic rings. The van der Waals surface area contributed by atoms with Gasteiger partial charge < -0.3 is 14.8 Å². The molecule has 2 fully saturated rings. The molecule has 27 heavy (non-hydrogen) atoms. The van der Waals surface area contributed by atoms with Crippen molar-refractivity contribution in [3.63, 3.8) is 0 Å². The van der Waals surface area contributed by atoms with E-state index in [0.29, 0.717) is 0 Å². The van der Waals surface area contributed by atoms with E-state index in [1.165, 1.54) is 87.6 Å². The molecule has 1 aliphatic heterocycles. The first-order chi connectivity index (χ1) is 12.8. The fraction of sp³-hybridized carbons (Fsp3) is 0.667. The molecule has 3 heteroatoms. The minimum atomic E-state index is 0. The van der Waals surface area contributed by atoms with Gasteiger partial charge in [0.1, 0.15) is 0 Å². The number of benzene rings is 1. The highest BCUT2D eigenvalue weighted by atomic mass is 15.1. The summed E-state index contributed by atoms with van der Waals surface area (Å²) in [4.78, 5) is 2.54. The molecule has 0 atom stereocenters. The largest absolute Gasteiger partial charge is 0.347 e. The van der Waals surface area contributed by atoms with E-state index < -0.39 is 0 Å². The standard InChI is InChI=1S/C23H35N3.CH4/c1-25(15-20-11-13-24-14-12-20)17-21-18-26(16-19-7-3-2-4-8-19)23-10-6-5-9-22(21)23;/h5-6,9-10,18-20,24H,2-4,7-8,11-17H2,1H3;1H4. The summed E-state index contributed by atoms with van der Waals surface area (Å²) >= 11 is 0. The molecule has 4 rings (SSSR count). The molecule has 0 spiro atoms. The summed E-state index contributed by atoms with van der Waals surface area (Å²) in [6.07, 6.45) is 12.2. The molecule has 0 unspecified atom stereocenters. The van der Waals surface area contributed by atoms with Crippen LogP contribution in [0.1, 0.15) is 57.9 Å². The summed E-state index contributed by atoms with van der Waals surface area (Å²) in [6, 6.07) is 9.03. The van der Waals surface area contributed by atoms with Crippen LogP contribution < -0.4 is 5.32 Å². The predicted octanol–water partition coefficient (Wildman–Crippen LogP) is 5.29. The van der Waals surface area contributed by atoms with Gasteiger partial charge in [-0.25, -0.2) is 0 Å². The van der Waals surface area contributed by atoms with Crippen LogP contribution in [-0.4, -0.2) is 36.1 Å². The van der Waals surface area contributed by atoms with Crippen LogP contribution in [-0.2, 0) is 13.1 Å². The topological polar surface area (TPSA) is 20.2 Å². The molecule has 1 aromatic carbocycles. The van der Waals surface area contributed by atoms with Crippen molar-refractivity contribution in [2.24, 2.45) is 11.8 Å². The van der Waals surface area contributed by atoms with Crippen molar-refractivity contribution < 1.29 is 0 Å². The maximum Gasteiger partial charge on any atom is 0.0483 e. The van der Waals surface area contributed by atoms with Crippen molar-refractivity contribution in [2.75, 3.05) is 26.7 Å². The van der Waals surface area contributed by atoms with Gasteiger partial charge in [-0.15, -0.1) is 0 Å². The van der Waals surface area contributed by atoms with Crippen molar-refractivity contribution in [1.29, 1.82) is 0 Å². The molecule has 1 saturated heterocycles. The third-order valence-corrected chi connectivity index (χ3v) is 6.52. The Hall–Kier alpha value is -1.32. The Morgan fingerprint density at radius 2 is 1.74 bits per heavy atom. The fourth-order valence-electron chi connectivity index (χ4n) is 5.11. The van der Waals surface area contributed by atoms with E-state index in [-0.39, 0.29) is 7.43 Å². The van der Waals surface area contributed by atoms with E-state index in [9.17, 15) is 0 Å². The Bertz CT molecular complexity index is 693. The Kier molecular flexibility index (Phi) is 7.37. The van der Waals surface area contributed by atoms with E-state index in [4.69, 9.17) is 0 Å². The van der Waals surface area contributed by atoms with E-state index in [2.05, 4.69) is 52.3 Å². The van der Waals surface area contributed by atoms with Gasteiger partial charge in [-0.3, -0.25) is 0 Å². The van der Waals surface area contributed by atoms with Crippen LogP contribution in [0.3, 0.4) is 0 Å². The zero-order chi connectivity index (χ0) is 17.8. The quantitative estimate of drug-likeness (QED) is 0.746. The number of para-hydroxylation sites is 1. The summed E-state index contributed by atoms with van der Waals surface area (Å²) < 4.78 is 2.55. The Labute approximate surface area is 166 Å². The third-order valence-electron chi connectivity index (χ3n) is 6.52. The van der Waals surface area contributed by atoms with Gasteiger partial charge in [0.2, 0.25) is 0 Å². The third kappa shape index (κ3) is 5.14. The van der Waals surface area contributed by atoms with Crippen LogP contribution in [0.4, 0.5) is 0 Å². The number of hydrogen-bond donors (Lipinski definition) is 1. The number of nitrogens with one attached hydrogen (secondary N) is 1. The van der Waals surface area contributed by atoms with Gasteiger partial charge in [-0.05, 0) is 69.3 Å². The van der Waals surface area contributed by atoms with Crippen molar-refractivity contribution in [3.8, 4) is 0 Å². The number of hydrogen-bond acceptors (Lipinski definition) is 2. The smallest absolute Gasteiger partial charge is 0.0483 e. The van der Waals surface area contributed by atoms with Gasteiger partial charge in [0.25, 0.3) is 0 Å². The number of fused-ring (bicyclic) bond motifs is 1. The Morgan fingerprint density at radius 3 is 2.52 bits per heavy atom. The molecule has 2 aliphatic rings. The Morgan fingerprint density at radius 1 is 1.00 bits per heavy atom. The van der Waals surface area contributed by atoms with Crippen LogP contribution in [0.25, 0.3) is 10.9 Å². The molecule has 1 aliphatic carbocycles. The van der Waals surface area contributed by atoms with Crippen molar-refractivity contribution >= 4 is 10.9 Å². The van der Waals surface area contributed by atoms with E-state index in [0.717, 1.165) is 18.4 Å². The molecule has 150 valence electrons. The lowest BCUT2D eigenvalue weighted by Gasteiger charge is -2.27. The predicted molar refractivity (Wildman–Crippen MR) is 117 cm³/mol. The first-order valence-corrected chi connectivity index (χ1v) is 10.8. The summed E-state index contributed by atoms with van der Waals surface area (Å²) in [5, 5.41) is 4.94. The molecule has 1 N–H and O–H groups in total. The van der Waals surface area contributed by atoms with Gasteiger partial charge in [0.05, 0.1) is 0 Å². The lowest BCUT2D eigenvalue weighted by molar-refractivity contribution is 0.235. The van der Waals surface area contributed by atoms with E-state index in [1.54, 1.807) is 0 Å². The zero-order valence-corrected chi connectivity index (χ0v) is 16.4. The summed E-state index contributed by atoms with van der Waals surface area (Å²) in [5.41, 5.74) is 2.94. The maximum absolute atomic E-state index is 3.48. The molecular weight excluding hydrogens is 330 g/mol. The number of aromatic nitrogens is 1. The molecule has 0 radical (unpaired) electrons. The Balaban J connectivity index is 0.00000210. The molecule has 0 amide bonds. The highest BCUT2D eigenvalue weighted by molar-refractivity contribution is 5.83. The summed E-state index contributed by atoms with van der Waals surface area (Å²) in [5.74, 6) is 1.73. The molecular formula is C24H39N3. The normalized spacial score (nSPS) is 19.5. The minimum absolute atomic E-state index is 0. The monoisotopic (exact) mass is 369 g/mol. The van der Waals surface area contributed by atoms with Gasteiger partial charge in [-0.2, -0.15) is 0 Å². The first kappa shape index (κ1) is 20.4.